The van der Waals surface area contributed by atoms with Crippen LogP contribution in [0.3, 0.4) is 0 Å². The molecule has 122 valence electrons. The van der Waals surface area contributed by atoms with Gasteiger partial charge in [0.05, 0.1) is 12.6 Å². The molecule has 0 aliphatic carbocycles. The molecule has 6 heteroatoms. The lowest BCUT2D eigenvalue weighted by Crippen LogP contribution is -2.26. The van der Waals surface area contributed by atoms with Crippen LogP contribution in [0.4, 0.5) is 5.69 Å². The Balaban J connectivity index is 2.12. The lowest BCUT2D eigenvalue weighted by molar-refractivity contribution is 0.0945. The highest BCUT2D eigenvalue weighted by molar-refractivity contribution is 5.95. The minimum Gasteiger partial charge on any atom is -0.395 e. The van der Waals surface area contributed by atoms with Gasteiger partial charge in [0.25, 0.3) is 5.91 Å². The summed E-state index contributed by atoms with van der Waals surface area (Å²) in [5.41, 5.74) is 3.35. The highest BCUT2D eigenvalue weighted by Gasteiger charge is 2.11. The highest BCUT2D eigenvalue weighted by atomic mass is 16.3. The third kappa shape index (κ3) is 4.50. The smallest absolute Gasteiger partial charge is 0.251 e. The van der Waals surface area contributed by atoms with Crippen LogP contribution >= 0.6 is 0 Å². The summed E-state index contributed by atoms with van der Waals surface area (Å²) in [4.78, 5) is 20.6. The van der Waals surface area contributed by atoms with Gasteiger partial charge in [-0.3, -0.25) is 4.79 Å². The van der Waals surface area contributed by atoms with Crippen LogP contribution in [0.25, 0.3) is 0 Å². The van der Waals surface area contributed by atoms with Crippen LogP contribution in [0.5, 0.6) is 0 Å². The molecule has 1 aromatic heterocycles. The molecule has 1 unspecified atom stereocenters. The van der Waals surface area contributed by atoms with Gasteiger partial charge in [0.1, 0.15) is 5.82 Å². The Labute approximate surface area is 136 Å². The maximum atomic E-state index is 11.9. The number of aromatic nitrogens is 2. The number of nitrogens with one attached hydrogen (secondary N) is 2. The average Bonchev–Trinajstić information content (AvgIpc) is 2.52. The lowest BCUT2D eigenvalue weighted by atomic mass is 10.1. The lowest BCUT2D eigenvalue weighted by Gasteiger charge is -2.17. The number of benzene rings is 1. The van der Waals surface area contributed by atoms with Gasteiger partial charge in [-0.05, 0) is 39.0 Å². The summed E-state index contributed by atoms with van der Waals surface area (Å²) in [5, 5.41) is 14.8. The quantitative estimate of drug-likeness (QED) is 0.759. The van der Waals surface area contributed by atoms with Gasteiger partial charge in [0.15, 0.2) is 0 Å². The summed E-state index contributed by atoms with van der Waals surface area (Å²) in [5.74, 6) is 0.547. The van der Waals surface area contributed by atoms with Crippen LogP contribution in [-0.4, -0.2) is 34.1 Å². The fourth-order valence-electron chi connectivity index (χ4n) is 2.37. The molecule has 2 aromatic rings. The van der Waals surface area contributed by atoms with Crippen molar-refractivity contribution in [3.63, 3.8) is 0 Å². The Kier molecular flexibility index (Phi) is 5.65. The van der Waals surface area contributed by atoms with Crippen molar-refractivity contribution >= 4 is 11.6 Å². The predicted octanol–water partition coefficient (Wildman–Crippen LogP) is 1.99. The van der Waals surface area contributed by atoms with E-state index < -0.39 is 0 Å². The molecule has 1 atom stereocenters. The third-order valence-electron chi connectivity index (χ3n) is 3.51. The summed E-state index contributed by atoms with van der Waals surface area (Å²) in [7, 11) is 0. The van der Waals surface area contributed by atoms with E-state index in [1.807, 2.05) is 39.1 Å². The second-order valence-corrected chi connectivity index (χ2v) is 5.38. The number of aryl methyl sites for hydroxylation is 2. The Bertz CT molecular complexity index is 688. The van der Waals surface area contributed by atoms with Crippen LogP contribution in [-0.2, 0) is 0 Å². The van der Waals surface area contributed by atoms with E-state index in [2.05, 4.69) is 20.6 Å². The number of anilines is 1. The van der Waals surface area contributed by atoms with Gasteiger partial charge in [-0.2, -0.15) is 0 Å². The maximum absolute atomic E-state index is 11.9. The number of aliphatic hydroxyl groups is 1. The zero-order valence-electron chi connectivity index (χ0n) is 13.6. The van der Waals surface area contributed by atoms with Crippen LogP contribution in [0, 0.1) is 13.8 Å². The van der Waals surface area contributed by atoms with Gasteiger partial charge in [-0.1, -0.05) is 6.07 Å². The molecule has 0 saturated heterocycles. The van der Waals surface area contributed by atoms with E-state index in [1.54, 1.807) is 12.1 Å². The number of aliphatic hydroxyl groups excluding tert-OH is 1. The fraction of sp³-hybridized carbons (Fsp3) is 0.353. The van der Waals surface area contributed by atoms with Crippen molar-refractivity contribution in [1.82, 2.24) is 15.3 Å². The first-order chi connectivity index (χ1) is 11.0. The Morgan fingerprint density at radius 2 is 2.13 bits per heavy atom. The van der Waals surface area contributed by atoms with Crippen LogP contribution < -0.4 is 10.6 Å². The van der Waals surface area contributed by atoms with E-state index in [9.17, 15) is 4.79 Å². The molecule has 1 heterocycles. The summed E-state index contributed by atoms with van der Waals surface area (Å²) < 4.78 is 0. The molecule has 0 aliphatic heterocycles. The average molecular weight is 314 g/mol. The van der Waals surface area contributed by atoms with Crippen LogP contribution in [0.2, 0.25) is 0 Å². The summed E-state index contributed by atoms with van der Waals surface area (Å²) in [6, 6.07) is 7.27. The van der Waals surface area contributed by atoms with Gasteiger partial charge in [0.2, 0.25) is 0 Å². The molecule has 6 nitrogen and oxygen atoms in total. The number of amides is 1. The number of hydrogen-bond acceptors (Lipinski definition) is 5. The maximum Gasteiger partial charge on any atom is 0.251 e. The predicted molar refractivity (Wildman–Crippen MR) is 89.4 cm³/mol. The van der Waals surface area contributed by atoms with Gasteiger partial charge in [0, 0.05) is 35.2 Å². The summed E-state index contributed by atoms with van der Waals surface area (Å²) >= 11 is 0. The molecule has 0 radical (unpaired) electrons. The van der Waals surface area contributed by atoms with E-state index in [4.69, 9.17) is 5.11 Å². The van der Waals surface area contributed by atoms with Crippen molar-refractivity contribution in [2.24, 2.45) is 0 Å². The van der Waals surface area contributed by atoms with Crippen molar-refractivity contribution in [2.45, 2.75) is 26.8 Å². The van der Waals surface area contributed by atoms with Crippen molar-refractivity contribution < 1.29 is 9.90 Å². The molecular formula is C17H22N4O2. The van der Waals surface area contributed by atoms with E-state index >= 15 is 0 Å². The van der Waals surface area contributed by atoms with Crippen molar-refractivity contribution in [3.05, 3.63) is 53.1 Å². The van der Waals surface area contributed by atoms with E-state index in [0.717, 1.165) is 22.8 Å². The molecule has 1 aromatic carbocycles. The second kappa shape index (κ2) is 7.69. The molecule has 2 rings (SSSR count). The number of carbonyl (C=O) groups is 1. The molecule has 0 fully saturated rings. The van der Waals surface area contributed by atoms with E-state index in [1.165, 1.54) is 0 Å². The highest BCUT2D eigenvalue weighted by Crippen LogP contribution is 2.21. The first-order valence-electron chi connectivity index (χ1n) is 7.57. The van der Waals surface area contributed by atoms with E-state index in [-0.39, 0.29) is 25.1 Å². The molecule has 0 saturated carbocycles. The zero-order valence-corrected chi connectivity index (χ0v) is 13.6. The molecule has 0 aliphatic rings. The Morgan fingerprint density at radius 1 is 1.35 bits per heavy atom. The normalized spacial score (nSPS) is 11.8. The monoisotopic (exact) mass is 314 g/mol. The third-order valence-corrected chi connectivity index (χ3v) is 3.51. The number of rotatable bonds is 6. The number of hydrogen-bond donors (Lipinski definition) is 3. The van der Waals surface area contributed by atoms with Gasteiger partial charge in [-0.15, -0.1) is 0 Å². The summed E-state index contributed by atoms with van der Waals surface area (Å²) in [6.45, 7) is 6.02. The standard InChI is InChI=1S/C17H22N4O2/c1-11-16(10-19-13(3)20-11)12(2)21-15-6-4-5-14(9-15)17(23)18-7-8-22/h4-6,9-10,12,21-22H,7-8H2,1-3H3,(H,18,23). The summed E-state index contributed by atoms with van der Waals surface area (Å²) in [6.07, 6.45) is 1.83. The number of carbonyl (C=O) groups excluding carboxylic acids is 1. The first-order valence-corrected chi connectivity index (χ1v) is 7.57. The van der Waals surface area contributed by atoms with Crippen LogP contribution in [0.1, 0.15) is 40.4 Å². The van der Waals surface area contributed by atoms with Gasteiger partial charge >= 0.3 is 0 Å². The topological polar surface area (TPSA) is 87.1 Å². The van der Waals surface area contributed by atoms with Gasteiger partial charge in [-0.25, -0.2) is 9.97 Å². The largest absolute Gasteiger partial charge is 0.395 e. The van der Waals surface area contributed by atoms with Crippen LogP contribution in [0.15, 0.2) is 30.5 Å². The first kappa shape index (κ1) is 16.9. The Hall–Kier alpha value is -2.47. The molecule has 3 N–H and O–H groups in total. The van der Waals surface area contributed by atoms with Crippen molar-refractivity contribution in [2.75, 3.05) is 18.5 Å². The van der Waals surface area contributed by atoms with E-state index in [0.29, 0.717) is 5.56 Å². The SMILES string of the molecule is Cc1ncc(C(C)Nc2cccc(C(=O)NCCO)c2)c(C)n1. The molecular weight excluding hydrogens is 292 g/mol. The van der Waals surface area contributed by atoms with Crippen molar-refractivity contribution in [3.8, 4) is 0 Å². The minimum absolute atomic E-state index is 0.0198. The second-order valence-electron chi connectivity index (χ2n) is 5.38. The fourth-order valence-corrected chi connectivity index (χ4v) is 2.37. The number of nitrogens with zero attached hydrogens (tertiary/aromatic N) is 2. The minimum atomic E-state index is -0.204. The van der Waals surface area contributed by atoms with Gasteiger partial charge < -0.3 is 15.7 Å². The Morgan fingerprint density at radius 3 is 2.83 bits per heavy atom. The molecule has 0 spiro atoms. The molecule has 0 bridgehead atoms. The molecule has 23 heavy (non-hydrogen) atoms. The molecule has 1 amide bonds. The van der Waals surface area contributed by atoms with Crippen molar-refractivity contribution in [1.29, 1.82) is 0 Å². The zero-order chi connectivity index (χ0) is 16.8.